The van der Waals surface area contributed by atoms with Crippen molar-refractivity contribution in [2.24, 2.45) is 0 Å². The summed E-state index contributed by atoms with van der Waals surface area (Å²) in [4.78, 5) is 0. The van der Waals surface area contributed by atoms with Gasteiger partial charge < -0.3 is 9.47 Å². The average molecular weight is 268 g/mol. The zero-order chi connectivity index (χ0) is 13.3. The van der Waals surface area contributed by atoms with Crippen molar-refractivity contribution in [2.45, 2.75) is 18.4 Å². The predicted octanol–water partition coefficient (Wildman–Crippen LogP) is 2.98. The van der Waals surface area contributed by atoms with Crippen LogP contribution in [0.5, 0.6) is 0 Å². The number of hydrogen-bond acceptors (Lipinski definition) is 2. The standard InChI is InChI=1S/C11H9F5O2/c12-7-2-1-3-8(13)9(7)10(11(14,15)16)18-5-6-4-17-6/h1-3,6,10H,4-5H2/t6-,10-/m1/s1. The van der Waals surface area contributed by atoms with Crippen molar-refractivity contribution < 1.29 is 31.4 Å². The summed E-state index contributed by atoms with van der Waals surface area (Å²) >= 11 is 0. The Morgan fingerprint density at radius 1 is 1.28 bits per heavy atom. The second kappa shape index (κ2) is 4.81. The van der Waals surface area contributed by atoms with Crippen molar-refractivity contribution in [1.29, 1.82) is 0 Å². The normalized spacial score (nSPS) is 20.8. The van der Waals surface area contributed by atoms with Crippen molar-refractivity contribution in [3.05, 3.63) is 35.4 Å². The Labute approximate surface area is 99.3 Å². The second-order valence-electron chi connectivity index (χ2n) is 3.85. The molecule has 0 aliphatic carbocycles. The van der Waals surface area contributed by atoms with Crippen LogP contribution in [0.4, 0.5) is 22.0 Å². The van der Waals surface area contributed by atoms with Gasteiger partial charge in [-0.15, -0.1) is 0 Å². The van der Waals surface area contributed by atoms with Gasteiger partial charge >= 0.3 is 6.18 Å². The first-order valence-electron chi connectivity index (χ1n) is 5.13. The highest BCUT2D eigenvalue weighted by Crippen LogP contribution is 2.38. The van der Waals surface area contributed by atoms with Gasteiger partial charge in [0.15, 0.2) is 6.10 Å². The Morgan fingerprint density at radius 2 is 1.83 bits per heavy atom. The molecule has 7 heteroatoms. The minimum absolute atomic E-state index is 0.296. The fourth-order valence-electron chi connectivity index (χ4n) is 1.47. The van der Waals surface area contributed by atoms with Gasteiger partial charge in [-0.05, 0) is 12.1 Å². The molecule has 0 saturated carbocycles. The molecule has 100 valence electrons. The zero-order valence-corrected chi connectivity index (χ0v) is 9.01. The van der Waals surface area contributed by atoms with Crippen LogP contribution in [0.3, 0.4) is 0 Å². The van der Waals surface area contributed by atoms with Gasteiger partial charge in [-0.25, -0.2) is 8.78 Å². The lowest BCUT2D eigenvalue weighted by Gasteiger charge is -2.21. The number of rotatable bonds is 4. The van der Waals surface area contributed by atoms with E-state index in [-0.39, 0.29) is 6.61 Å². The molecule has 1 heterocycles. The van der Waals surface area contributed by atoms with Gasteiger partial charge in [0.05, 0.1) is 18.8 Å². The SMILES string of the molecule is Fc1cccc(F)c1[C@@H](OC[C@H]1CO1)C(F)(F)F. The van der Waals surface area contributed by atoms with E-state index in [2.05, 4.69) is 9.47 Å². The quantitative estimate of drug-likeness (QED) is 0.618. The van der Waals surface area contributed by atoms with E-state index in [1.54, 1.807) is 0 Å². The third-order valence-electron chi connectivity index (χ3n) is 2.41. The molecular formula is C11H9F5O2. The molecule has 2 atom stereocenters. The lowest BCUT2D eigenvalue weighted by atomic mass is 10.1. The van der Waals surface area contributed by atoms with Gasteiger partial charge in [-0.1, -0.05) is 6.07 Å². The van der Waals surface area contributed by atoms with Gasteiger partial charge in [-0.2, -0.15) is 13.2 Å². The predicted molar refractivity (Wildman–Crippen MR) is 50.8 cm³/mol. The van der Waals surface area contributed by atoms with Gasteiger partial charge in [0, 0.05) is 0 Å². The van der Waals surface area contributed by atoms with E-state index in [1.165, 1.54) is 0 Å². The summed E-state index contributed by atoms with van der Waals surface area (Å²) in [5.74, 6) is -2.57. The summed E-state index contributed by atoms with van der Waals surface area (Å²) in [5.41, 5.74) is -1.12. The van der Waals surface area contributed by atoms with Gasteiger partial charge in [0.1, 0.15) is 17.7 Å². The van der Waals surface area contributed by atoms with Crippen molar-refractivity contribution in [2.75, 3.05) is 13.2 Å². The number of hydrogen-bond donors (Lipinski definition) is 0. The Hall–Kier alpha value is -1.21. The second-order valence-corrected chi connectivity index (χ2v) is 3.85. The van der Waals surface area contributed by atoms with Crippen LogP contribution in [0.15, 0.2) is 18.2 Å². The van der Waals surface area contributed by atoms with E-state index >= 15 is 0 Å². The molecule has 0 amide bonds. The maximum absolute atomic E-state index is 13.3. The maximum atomic E-state index is 13.3. The zero-order valence-electron chi connectivity index (χ0n) is 9.01. The highest BCUT2D eigenvalue weighted by atomic mass is 19.4. The molecular weight excluding hydrogens is 259 g/mol. The molecule has 0 spiro atoms. The first-order chi connectivity index (χ1) is 8.39. The van der Waals surface area contributed by atoms with E-state index in [0.29, 0.717) is 6.61 Å². The Balaban J connectivity index is 2.26. The molecule has 1 aliphatic heterocycles. The van der Waals surface area contributed by atoms with Gasteiger partial charge in [0.2, 0.25) is 0 Å². The van der Waals surface area contributed by atoms with Crippen LogP contribution in [0.25, 0.3) is 0 Å². The van der Waals surface area contributed by atoms with E-state index in [9.17, 15) is 22.0 Å². The highest BCUT2D eigenvalue weighted by Gasteiger charge is 2.45. The van der Waals surface area contributed by atoms with Crippen molar-refractivity contribution in [3.8, 4) is 0 Å². The van der Waals surface area contributed by atoms with Crippen molar-refractivity contribution >= 4 is 0 Å². The van der Waals surface area contributed by atoms with E-state index in [0.717, 1.165) is 18.2 Å². The summed E-state index contributed by atoms with van der Waals surface area (Å²) in [5, 5.41) is 0. The van der Waals surface area contributed by atoms with Crippen LogP contribution in [-0.4, -0.2) is 25.5 Å². The fraction of sp³-hybridized carbons (Fsp3) is 0.455. The minimum Gasteiger partial charge on any atom is -0.371 e. The molecule has 0 N–H and O–H groups in total. The van der Waals surface area contributed by atoms with Crippen LogP contribution in [0, 0.1) is 11.6 Å². The van der Waals surface area contributed by atoms with Gasteiger partial charge in [-0.3, -0.25) is 0 Å². The summed E-state index contributed by atoms with van der Waals surface area (Å²) in [7, 11) is 0. The van der Waals surface area contributed by atoms with Crippen molar-refractivity contribution in [1.82, 2.24) is 0 Å². The smallest absolute Gasteiger partial charge is 0.371 e. The molecule has 0 unspecified atom stereocenters. The Kier molecular flexibility index (Phi) is 3.54. The monoisotopic (exact) mass is 268 g/mol. The first kappa shape index (κ1) is 13.2. The number of alkyl halides is 3. The average Bonchev–Trinajstić information content (AvgIpc) is 3.04. The van der Waals surface area contributed by atoms with Crippen LogP contribution < -0.4 is 0 Å². The van der Waals surface area contributed by atoms with Gasteiger partial charge in [0.25, 0.3) is 0 Å². The molecule has 1 aromatic carbocycles. The molecule has 0 aromatic heterocycles. The van der Waals surface area contributed by atoms with Crippen LogP contribution in [0.2, 0.25) is 0 Å². The fourth-order valence-corrected chi connectivity index (χ4v) is 1.47. The molecule has 1 aromatic rings. The lowest BCUT2D eigenvalue weighted by molar-refractivity contribution is -0.226. The lowest BCUT2D eigenvalue weighted by Crippen LogP contribution is -2.27. The molecule has 18 heavy (non-hydrogen) atoms. The summed E-state index contributed by atoms with van der Waals surface area (Å²) in [6, 6.07) is 2.51. The first-order valence-corrected chi connectivity index (χ1v) is 5.13. The third kappa shape index (κ3) is 2.97. The number of halogens is 5. The van der Waals surface area contributed by atoms with E-state index < -0.39 is 35.6 Å². The molecule has 1 saturated heterocycles. The molecule has 0 radical (unpaired) electrons. The number of benzene rings is 1. The number of ether oxygens (including phenoxy) is 2. The van der Waals surface area contributed by atoms with Crippen molar-refractivity contribution in [3.63, 3.8) is 0 Å². The van der Waals surface area contributed by atoms with Crippen LogP contribution in [-0.2, 0) is 9.47 Å². The topological polar surface area (TPSA) is 21.8 Å². The summed E-state index contributed by atoms with van der Waals surface area (Å²) in [6.07, 6.45) is -7.94. The molecule has 2 rings (SSSR count). The van der Waals surface area contributed by atoms with E-state index in [4.69, 9.17) is 0 Å². The number of epoxide rings is 1. The maximum Gasteiger partial charge on any atom is 0.419 e. The molecule has 2 nitrogen and oxygen atoms in total. The molecule has 1 fully saturated rings. The Bertz CT molecular complexity index is 408. The summed E-state index contributed by atoms with van der Waals surface area (Å²) in [6.45, 7) is -0.0533. The van der Waals surface area contributed by atoms with Crippen LogP contribution >= 0.6 is 0 Å². The minimum atomic E-state index is -4.89. The summed E-state index contributed by atoms with van der Waals surface area (Å²) < 4.78 is 74.1. The van der Waals surface area contributed by atoms with Crippen LogP contribution in [0.1, 0.15) is 11.7 Å². The highest BCUT2D eigenvalue weighted by molar-refractivity contribution is 5.23. The Morgan fingerprint density at radius 3 is 2.28 bits per heavy atom. The third-order valence-corrected chi connectivity index (χ3v) is 2.41. The molecule has 1 aliphatic rings. The largest absolute Gasteiger partial charge is 0.419 e. The van der Waals surface area contributed by atoms with E-state index in [1.807, 2.05) is 0 Å². The molecule has 0 bridgehead atoms.